The number of alkyl halides is 1. The van der Waals surface area contributed by atoms with Crippen LogP contribution in [0.25, 0.3) is 10.8 Å². The van der Waals surface area contributed by atoms with Crippen LogP contribution in [0.4, 0.5) is 0 Å². The molecule has 2 aromatic carbocycles. The van der Waals surface area contributed by atoms with E-state index in [0.29, 0.717) is 11.8 Å². The first-order valence-electron chi connectivity index (χ1n) is 6.14. The number of para-hydroxylation sites is 1. The third-order valence-electron chi connectivity index (χ3n) is 3.03. The fraction of sp³-hybridized carbons (Fsp3) is 0.0625. The Balaban J connectivity index is 2.11. The van der Waals surface area contributed by atoms with Crippen LogP contribution in [0.3, 0.4) is 0 Å². The summed E-state index contributed by atoms with van der Waals surface area (Å²) in [5.41, 5.74) is 1.00. The smallest absolute Gasteiger partial charge is 0.227 e. The highest BCUT2D eigenvalue weighted by Gasteiger charge is 2.09. The molecule has 0 unspecified atom stereocenters. The molecule has 0 saturated carbocycles. The van der Waals surface area contributed by atoms with Crippen LogP contribution in [-0.2, 0) is 5.88 Å². The van der Waals surface area contributed by atoms with Gasteiger partial charge in [0, 0.05) is 17.5 Å². The van der Waals surface area contributed by atoms with Crippen molar-refractivity contribution < 1.29 is 4.74 Å². The molecule has 0 N–H and O–H groups in total. The number of aromatic nitrogens is 1. The molecule has 0 atom stereocenters. The van der Waals surface area contributed by atoms with Gasteiger partial charge in [-0.3, -0.25) is 0 Å². The lowest BCUT2D eigenvalue weighted by Crippen LogP contribution is -1.93. The molecule has 20 heavy (non-hydrogen) atoms. The van der Waals surface area contributed by atoms with Crippen LogP contribution < -0.4 is 4.74 Å². The Morgan fingerprint density at radius 2 is 1.70 bits per heavy atom. The second kappa shape index (κ2) is 5.81. The van der Waals surface area contributed by atoms with E-state index in [1.54, 1.807) is 6.20 Å². The Morgan fingerprint density at radius 1 is 1.00 bits per heavy atom. The summed E-state index contributed by atoms with van der Waals surface area (Å²) in [4.78, 5) is 4.39. The van der Waals surface area contributed by atoms with Gasteiger partial charge >= 0.3 is 0 Å². The first kappa shape index (κ1) is 13.4. The van der Waals surface area contributed by atoms with Gasteiger partial charge in [0.05, 0.1) is 4.47 Å². The fourth-order valence-corrected chi connectivity index (χ4v) is 2.62. The van der Waals surface area contributed by atoms with Crippen molar-refractivity contribution in [2.24, 2.45) is 0 Å². The van der Waals surface area contributed by atoms with Crippen LogP contribution in [0.1, 0.15) is 5.56 Å². The summed E-state index contributed by atoms with van der Waals surface area (Å²) in [6.45, 7) is 0. The van der Waals surface area contributed by atoms with E-state index in [4.69, 9.17) is 16.3 Å². The number of hydrogen-bond donors (Lipinski definition) is 0. The third-order valence-corrected chi connectivity index (χ3v) is 3.97. The van der Waals surface area contributed by atoms with Gasteiger partial charge in [-0.15, -0.1) is 11.6 Å². The van der Waals surface area contributed by atoms with E-state index in [0.717, 1.165) is 26.6 Å². The fourth-order valence-electron chi connectivity index (χ4n) is 2.04. The predicted molar refractivity (Wildman–Crippen MR) is 85.5 cm³/mol. The molecule has 0 radical (unpaired) electrons. The van der Waals surface area contributed by atoms with Crippen molar-refractivity contribution in [2.45, 2.75) is 5.88 Å². The largest absolute Gasteiger partial charge is 0.437 e. The highest BCUT2D eigenvalue weighted by Crippen LogP contribution is 2.33. The van der Waals surface area contributed by atoms with E-state index < -0.39 is 0 Å². The minimum absolute atomic E-state index is 0.433. The van der Waals surface area contributed by atoms with Crippen LogP contribution in [0.2, 0.25) is 0 Å². The van der Waals surface area contributed by atoms with Gasteiger partial charge in [-0.2, -0.15) is 0 Å². The standard InChI is InChI=1S/C16H11BrClNO/c17-14-7-3-4-8-15(14)20-16-13-6-2-1-5-12(13)11(9-18)10-19-16/h1-8,10H,9H2. The summed E-state index contributed by atoms with van der Waals surface area (Å²) in [5.74, 6) is 1.76. The van der Waals surface area contributed by atoms with Crippen molar-refractivity contribution >= 4 is 38.3 Å². The zero-order chi connectivity index (χ0) is 13.9. The maximum Gasteiger partial charge on any atom is 0.227 e. The maximum absolute atomic E-state index is 5.96. The molecule has 0 fully saturated rings. The summed E-state index contributed by atoms with van der Waals surface area (Å²) < 4.78 is 6.82. The molecule has 100 valence electrons. The highest BCUT2D eigenvalue weighted by atomic mass is 79.9. The minimum atomic E-state index is 0.433. The molecule has 0 amide bonds. The van der Waals surface area contributed by atoms with Gasteiger partial charge < -0.3 is 4.74 Å². The zero-order valence-corrected chi connectivity index (χ0v) is 12.9. The average Bonchev–Trinajstić information content (AvgIpc) is 2.50. The van der Waals surface area contributed by atoms with E-state index in [9.17, 15) is 0 Å². The molecule has 0 aliphatic rings. The van der Waals surface area contributed by atoms with Gasteiger partial charge in [0.1, 0.15) is 5.75 Å². The lowest BCUT2D eigenvalue weighted by atomic mass is 10.1. The van der Waals surface area contributed by atoms with Gasteiger partial charge in [0.25, 0.3) is 0 Å². The van der Waals surface area contributed by atoms with Crippen molar-refractivity contribution in [3.8, 4) is 11.6 Å². The summed E-state index contributed by atoms with van der Waals surface area (Å²) >= 11 is 9.43. The topological polar surface area (TPSA) is 22.1 Å². The monoisotopic (exact) mass is 347 g/mol. The number of fused-ring (bicyclic) bond motifs is 1. The predicted octanol–water partition coefficient (Wildman–Crippen LogP) is 5.53. The van der Waals surface area contributed by atoms with Crippen LogP contribution in [0.15, 0.2) is 59.2 Å². The van der Waals surface area contributed by atoms with E-state index in [-0.39, 0.29) is 0 Å². The number of halogens is 2. The highest BCUT2D eigenvalue weighted by molar-refractivity contribution is 9.10. The molecule has 0 aliphatic heterocycles. The van der Waals surface area contributed by atoms with Crippen molar-refractivity contribution in [1.29, 1.82) is 0 Å². The Hall–Kier alpha value is -1.58. The molecule has 2 nitrogen and oxygen atoms in total. The van der Waals surface area contributed by atoms with Gasteiger partial charge in [0.2, 0.25) is 5.88 Å². The molecule has 1 heterocycles. The lowest BCUT2D eigenvalue weighted by molar-refractivity contribution is 0.466. The van der Waals surface area contributed by atoms with Crippen molar-refractivity contribution in [1.82, 2.24) is 4.98 Å². The number of benzene rings is 2. The van der Waals surface area contributed by atoms with Crippen LogP contribution in [0, 0.1) is 0 Å². The number of rotatable bonds is 3. The van der Waals surface area contributed by atoms with Crippen LogP contribution in [-0.4, -0.2) is 4.98 Å². The second-order valence-corrected chi connectivity index (χ2v) is 5.42. The molecule has 0 spiro atoms. The van der Waals surface area contributed by atoms with Gasteiger partial charge in [0.15, 0.2) is 0 Å². The molecule has 3 rings (SSSR count). The first-order valence-corrected chi connectivity index (χ1v) is 7.47. The average molecular weight is 349 g/mol. The Morgan fingerprint density at radius 3 is 2.45 bits per heavy atom. The second-order valence-electron chi connectivity index (χ2n) is 4.30. The summed E-state index contributed by atoms with van der Waals surface area (Å²) in [6, 6.07) is 15.7. The zero-order valence-electron chi connectivity index (χ0n) is 10.5. The van der Waals surface area contributed by atoms with Crippen molar-refractivity contribution in [3.63, 3.8) is 0 Å². The maximum atomic E-state index is 5.96. The van der Waals surface area contributed by atoms with E-state index in [2.05, 4.69) is 20.9 Å². The van der Waals surface area contributed by atoms with Crippen LogP contribution >= 0.6 is 27.5 Å². The lowest BCUT2D eigenvalue weighted by Gasteiger charge is -2.11. The van der Waals surface area contributed by atoms with Gasteiger partial charge in [-0.05, 0) is 45.1 Å². The number of ether oxygens (including phenoxy) is 1. The van der Waals surface area contributed by atoms with Gasteiger partial charge in [-0.1, -0.05) is 30.3 Å². The van der Waals surface area contributed by atoms with Crippen molar-refractivity contribution in [2.75, 3.05) is 0 Å². The summed E-state index contributed by atoms with van der Waals surface area (Å²) in [6.07, 6.45) is 1.77. The minimum Gasteiger partial charge on any atom is -0.437 e. The molecule has 4 heteroatoms. The number of nitrogens with zero attached hydrogens (tertiary/aromatic N) is 1. The Kier molecular flexibility index (Phi) is 3.90. The van der Waals surface area contributed by atoms with E-state index in [1.165, 1.54) is 0 Å². The quantitative estimate of drug-likeness (QED) is 0.581. The Labute approximate surface area is 130 Å². The molecular formula is C16H11BrClNO. The third kappa shape index (κ3) is 2.51. The molecule has 0 bridgehead atoms. The molecular weight excluding hydrogens is 338 g/mol. The van der Waals surface area contributed by atoms with Gasteiger partial charge in [-0.25, -0.2) is 4.98 Å². The van der Waals surface area contributed by atoms with Crippen molar-refractivity contribution in [3.05, 3.63) is 64.8 Å². The van der Waals surface area contributed by atoms with Crippen LogP contribution in [0.5, 0.6) is 11.6 Å². The molecule has 1 aromatic heterocycles. The number of hydrogen-bond acceptors (Lipinski definition) is 2. The SMILES string of the molecule is ClCc1cnc(Oc2ccccc2Br)c2ccccc12. The summed E-state index contributed by atoms with van der Waals surface area (Å²) in [5, 5.41) is 2.03. The molecule has 3 aromatic rings. The molecule has 0 aliphatic carbocycles. The normalized spacial score (nSPS) is 10.7. The Bertz CT molecular complexity index is 760. The van der Waals surface area contributed by atoms with E-state index >= 15 is 0 Å². The molecule has 0 saturated heterocycles. The summed E-state index contributed by atoms with van der Waals surface area (Å²) in [7, 11) is 0. The van der Waals surface area contributed by atoms with E-state index in [1.807, 2.05) is 48.5 Å². The number of pyridine rings is 1. The first-order chi connectivity index (χ1) is 9.79.